The highest BCUT2D eigenvalue weighted by Crippen LogP contribution is 2.32. The van der Waals surface area contributed by atoms with E-state index in [2.05, 4.69) is 5.32 Å². The number of nitrogens with zero attached hydrogens (tertiary/aromatic N) is 1. The smallest absolute Gasteiger partial charge is 0.278 e. The Bertz CT molecular complexity index is 930. The second-order valence-electron chi connectivity index (χ2n) is 7.32. The summed E-state index contributed by atoms with van der Waals surface area (Å²) in [6, 6.07) is 11.5. The van der Waals surface area contributed by atoms with E-state index in [0.29, 0.717) is 12.1 Å². The number of imide groups is 1. The molecule has 1 heterocycles. The lowest BCUT2D eigenvalue weighted by Crippen LogP contribution is -2.35. The van der Waals surface area contributed by atoms with Gasteiger partial charge in [-0.1, -0.05) is 38.1 Å². The first-order chi connectivity index (χ1) is 12.8. The number of benzene rings is 2. The molecule has 0 saturated heterocycles. The zero-order chi connectivity index (χ0) is 19.7. The van der Waals surface area contributed by atoms with Gasteiger partial charge >= 0.3 is 0 Å². The van der Waals surface area contributed by atoms with Crippen molar-refractivity contribution in [3.8, 4) is 0 Å². The van der Waals surface area contributed by atoms with Crippen molar-refractivity contribution in [3.05, 3.63) is 70.7 Å². The average Bonchev–Trinajstić information content (AvgIpc) is 2.83. The van der Waals surface area contributed by atoms with Crippen molar-refractivity contribution in [2.75, 3.05) is 11.9 Å². The number of hydrogen-bond donors (Lipinski definition) is 1. The Morgan fingerprint density at radius 1 is 1.00 bits per heavy atom. The zero-order valence-electron chi connectivity index (χ0n) is 16.0. The molecule has 0 spiro atoms. The van der Waals surface area contributed by atoms with Gasteiger partial charge in [0.2, 0.25) is 0 Å². The van der Waals surface area contributed by atoms with E-state index >= 15 is 0 Å². The van der Waals surface area contributed by atoms with Gasteiger partial charge in [-0.2, -0.15) is 0 Å². The molecule has 0 unspecified atom stereocenters. The molecule has 2 aromatic carbocycles. The van der Waals surface area contributed by atoms with E-state index < -0.39 is 0 Å². The summed E-state index contributed by atoms with van der Waals surface area (Å²) in [5, 5.41) is 3.17. The van der Waals surface area contributed by atoms with Crippen LogP contribution in [0.25, 0.3) is 5.57 Å². The van der Waals surface area contributed by atoms with E-state index in [4.69, 9.17) is 0 Å². The molecule has 2 aromatic rings. The normalized spacial score (nSPS) is 14.5. The highest BCUT2D eigenvalue weighted by molar-refractivity contribution is 6.36. The van der Waals surface area contributed by atoms with Crippen molar-refractivity contribution < 1.29 is 14.0 Å². The molecular formula is C22H23FN2O2. The molecule has 1 aliphatic rings. The Hall–Kier alpha value is -2.95. The summed E-state index contributed by atoms with van der Waals surface area (Å²) in [6.07, 6.45) is 0. The number of carbonyl (C=O) groups excluding carboxylic acids is 2. The van der Waals surface area contributed by atoms with Gasteiger partial charge in [0.1, 0.15) is 11.5 Å². The predicted octanol–water partition coefficient (Wildman–Crippen LogP) is 4.29. The van der Waals surface area contributed by atoms with Crippen LogP contribution >= 0.6 is 0 Å². The van der Waals surface area contributed by atoms with Crippen LogP contribution < -0.4 is 5.32 Å². The zero-order valence-corrected chi connectivity index (χ0v) is 16.0. The molecule has 2 amide bonds. The number of nitrogens with one attached hydrogen (secondary N) is 1. The Morgan fingerprint density at radius 2 is 1.67 bits per heavy atom. The molecule has 0 saturated carbocycles. The molecule has 4 nitrogen and oxygen atoms in total. The van der Waals surface area contributed by atoms with Crippen LogP contribution in [0.2, 0.25) is 0 Å². The molecule has 1 aliphatic heterocycles. The maximum atomic E-state index is 13.3. The lowest BCUT2D eigenvalue weighted by molar-refractivity contribution is -0.137. The van der Waals surface area contributed by atoms with Gasteiger partial charge in [0.25, 0.3) is 11.8 Å². The van der Waals surface area contributed by atoms with Gasteiger partial charge in [-0.3, -0.25) is 14.5 Å². The van der Waals surface area contributed by atoms with Crippen LogP contribution in [0.1, 0.15) is 30.5 Å². The summed E-state index contributed by atoms with van der Waals surface area (Å²) in [5.74, 6) is -0.950. The molecule has 140 valence electrons. The molecule has 0 aromatic heterocycles. The lowest BCUT2D eigenvalue weighted by atomic mass is 10.0. The van der Waals surface area contributed by atoms with Crippen molar-refractivity contribution in [1.82, 2.24) is 4.90 Å². The van der Waals surface area contributed by atoms with Crippen LogP contribution in [0, 0.1) is 25.6 Å². The first-order valence-corrected chi connectivity index (χ1v) is 8.98. The number of hydrogen-bond acceptors (Lipinski definition) is 3. The largest absolute Gasteiger partial charge is 0.350 e. The van der Waals surface area contributed by atoms with Crippen molar-refractivity contribution in [1.29, 1.82) is 0 Å². The number of aryl methyl sites for hydroxylation is 2. The van der Waals surface area contributed by atoms with Gasteiger partial charge in [-0.25, -0.2) is 4.39 Å². The highest BCUT2D eigenvalue weighted by atomic mass is 19.1. The van der Waals surface area contributed by atoms with Crippen LogP contribution in [0.15, 0.2) is 48.2 Å². The maximum absolute atomic E-state index is 13.3. The van der Waals surface area contributed by atoms with Gasteiger partial charge in [-0.15, -0.1) is 0 Å². The van der Waals surface area contributed by atoms with Gasteiger partial charge in [0, 0.05) is 12.2 Å². The van der Waals surface area contributed by atoms with Gasteiger partial charge in [0.05, 0.1) is 5.57 Å². The van der Waals surface area contributed by atoms with Crippen molar-refractivity contribution in [2.24, 2.45) is 5.92 Å². The second-order valence-corrected chi connectivity index (χ2v) is 7.32. The Morgan fingerprint density at radius 3 is 2.30 bits per heavy atom. The number of anilines is 1. The summed E-state index contributed by atoms with van der Waals surface area (Å²) in [7, 11) is 0. The summed E-state index contributed by atoms with van der Waals surface area (Å²) in [6.45, 7) is 8.14. The Kier molecular flexibility index (Phi) is 5.13. The van der Waals surface area contributed by atoms with Gasteiger partial charge in [0.15, 0.2) is 0 Å². The maximum Gasteiger partial charge on any atom is 0.278 e. The van der Waals surface area contributed by atoms with E-state index in [-0.39, 0.29) is 34.8 Å². The standard InChI is InChI=1S/C22H23FN2O2/c1-13(2)12-25-21(26)19(16-7-9-17(23)10-8-16)20(22(25)27)24-18-11-14(3)5-6-15(18)4/h5-11,13,24H,12H2,1-4H3. The minimum atomic E-state index is -0.390. The minimum absolute atomic E-state index is 0.146. The monoisotopic (exact) mass is 366 g/mol. The molecule has 3 rings (SSSR count). The molecule has 27 heavy (non-hydrogen) atoms. The van der Waals surface area contributed by atoms with E-state index in [1.54, 1.807) is 0 Å². The van der Waals surface area contributed by atoms with E-state index in [1.165, 1.54) is 29.2 Å². The summed E-state index contributed by atoms with van der Waals surface area (Å²) in [5.41, 5.74) is 3.82. The fourth-order valence-corrected chi connectivity index (χ4v) is 3.11. The van der Waals surface area contributed by atoms with Gasteiger partial charge in [-0.05, 0) is 54.7 Å². The first-order valence-electron chi connectivity index (χ1n) is 8.98. The van der Waals surface area contributed by atoms with Crippen LogP contribution in [-0.4, -0.2) is 23.3 Å². The first kappa shape index (κ1) is 18.8. The molecule has 0 fully saturated rings. The molecule has 0 aliphatic carbocycles. The van der Waals surface area contributed by atoms with E-state index in [0.717, 1.165) is 16.8 Å². The summed E-state index contributed by atoms with van der Waals surface area (Å²) < 4.78 is 13.3. The van der Waals surface area contributed by atoms with Crippen LogP contribution in [0.4, 0.5) is 10.1 Å². The third-order valence-corrected chi connectivity index (χ3v) is 4.50. The Labute approximate surface area is 158 Å². The number of rotatable bonds is 5. The highest BCUT2D eigenvalue weighted by Gasteiger charge is 2.39. The van der Waals surface area contributed by atoms with Gasteiger partial charge < -0.3 is 5.32 Å². The molecule has 0 bridgehead atoms. The SMILES string of the molecule is Cc1ccc(C)c(NC2=C(c3ccc(F)cc3)C(=O)N(CC(C)C)C2=O)c1. The summed E-state index contributed by atoms with van der Waals surface area (Å²) >= 11 is 0. The fraction of sp³-hybridized carbons (Fsp3) is 0.273. The second kappa shape index (κ2) is 7.35. The van der Waals surface area contributed by atoms with Crippen LogP contribution in [0.5, 0.6) is 0 Å². The summed E-state index contributed by atoms with van der Waals surface area (Å²) in [4.78, 5) is 27.3. The average molecular weight is 366 g/mol. The third kappa shape index (κ3) is 3.77. The quantitative estimate of drug-likeness (QED) is 0.803. The Balaban J connectivity index is 2.10. The predicted molar refractivity (Wildman–Crippen MR) is 104 cm³/mol. The van der Waals surface area contributed by atoms with Crippen molar-refractivity contribution in [3.63, 3.8) is 0 Å². The van der Waals surface area contributed by atoms with E-state index in [9.17, 15) is 14.0 Å². The molecule has 1 N–H and O–H groups in total. The number of halogens is 1. The van der Waals surface area contributed by atoms with Crippen LogP contribution in [0.3, 0.4) is 0 Å². The molecule has 0 radical (unpaired) electrons. The lowest BCUT2D eigenvalue weighted by Gasteiger charge is -2.17. The van der Waals surface area contributed by atoms with Crippen molar-refractivity contribution in [2.45, 2.75) is 27.7 Å². The topological polar surface area (TPSA) is 49.4 Å². The minimum Gasteiger partial charge on any atom is -0.350 e. The number of amides is 2. The third-order valence-electron chi connectivity index (χ3n) is 4.50. The van der Waals surface area contributed by atoms with Crippen LogP contribution in [-0.2, 0) is 9.59 Å². The fourth-order valence-electron chi connectivity index (χ4n) is 3.11. The van der Waals surface area contributed by atoms with E-state index in [1.807, 2.05) is 45.9 Å². The number of carbonyl (C=O) groups is 2. The molecule has 5 heteroatoms. The van der Waals surface area contributed by atoms with Crippen molar-refractivity contribution >= 4 is 23.1 Å². The molecule has 0 atom stereocenters. The molecular weight excluding hydrogens is 343 g/mol.